The van der Waals surface area contributed by atoms with Gasteiger partial charge < -0.3 is 24.3 Å². The van der Waals surface area contributed by atoms with Gasteiger partial charge in [-0.3, -0.25) is 14.6 Å². The molecule has 10 nitrogen and oxygen atoms in total. The second-order valence-electron chi connectivity index (χ2n) is 11.9. The maximum Gasteiger partial charge on any atom is 0.308 e. The van der Waals surface area contributed by atoms with Gasteiger partial charge >= 0.3 is 11.9 Å². The zero-order chi connectivity index (χ0) is 28.8. The van der Waals surface area contributed by atoms with Crippen LogP contribution in [-0.4, -0.2) is 54.0 Å². The normalized spacial score (nSPS) is 35.8. The number of fused-ring (bicyclic) bond motifs is 3. The summed E-state index contributed by atoms with van der Waals surface area (Å²) >= 11 is 6.05. The van der Waals surface area contributed by atoms with Crippen LogP contribution in [0.3, 0.4) is 0 Å². The van der Waals surface area contributed by atoms with Gasteiger partial charge in [0, 0.05) is 47.1 Å². The lowest BCUT2D eigenvalue weighted by atomic mass is 9.58. The van der Waals surface area contributed by atoms with Crippen LogP contribution in [0.5, 0.6) is 0 Å². The molecule has 5 heterocycles. The molecule has 0 radical (unpaired) electrons. The molecule has 1 aromatic carbocycles. The van der Waals surface area contributed by atoms with Gasteiger partial charge in [-0.15, -0.1) is 0 Å². The van der Waals surface area contributed by atoms with Crippen LogP contribution in [0.1, 0.15) is 59.3 Å². The maximum absolute atomic E-state index is 12.8. The lowest BCUT2D eigenvalue weighted by Crippen LogP contribution is -2.70. The van der Waals surface area contributed by atoms with Crippen LogP contribution < -0.4 is 5.32 Å². The summed E-state index contributed by atoms with van der Waals surface area (Å²) < 4.78 is 23.7. The number of nitrogens with one attached hydrogen (secondary N) is 1. The van der Waals surface area contributed by atoms with Crippen molar-refractivity contribution in [3.63, 3.8) is 0 Å². The number of ether oxygens (including phenoxy) is 4. The third-order valence-electron chi connectivity index (χ3n) is 9.26. The first kappa shape index (κ1) is 28.6. The van der Waals surface area contributed by atoms with E-state index in [0.29, 0.717) is 23.9 Å². The van der Waals surface area contributed by atoms with E-state index < -0.39 is 35.9 Å². The van der Waals surface area contributed by atoms with Gasteiger partial charge in [0.05, 0.1) is 18.4 Å². The van der Waals surface area contributed by atoms with Gasteiger partial charge in [0.1, 0.15) is 6.61 Å². The van der Waals surface area contributed by atoms with Crippen molar-refractivity contribution in [2.45, 2.75) is 83.3 Å². The third-order valence-corrected chi connectivity index (χ3v) is 9.50. The van der Waals surface area contributed by atoms with Crippen LogP contribution in [-0.2, 0) is 38.3 Å². The van der Waals surface area contributed by atoms with Crippen LogP contribution in [0.25, 0.3) is 10.9 Å². The third kappa shape index (κ3) is 5.41. The van der Waals surface area contributed by atoms with Crippen molar-refractivity contribution in [2.24, 2.45) is 23.7 Å². The Morgan fingerprint density at radius 1 is 1.10 bits per heavy atom. The van der Waals surface area contributed by atoms with Gasteiger partial charge in [0.2, 0.25) is 12.1 Å². The molecule has 5 aliphatic rings. The summed E-state index contributed by atoms with van der Waals surface area (Å²) in [6, 6.07) is 7.33. The van der Waals surface area contributed by atoms with Crippen molar-refractivity contribution in [3.05, 3.63) is 35.5 Å². The molecule has 41 heavy (non-hydrogen) atoms. The predicted molar refractivity (Wildman–Crippen MR) is 148 cm³/mol. The lowest BCUT2D eigenvalue weighted by Gasteiger charge is -2.59. The van der Waals surface area contributed by atoms with Gasteiger partial charge in [0.15, 0.2) is 11.9 Å². The van der Waals surface area contributed by atoms with Gasteiger partial charge in [-0.05, 0) is 62.3 Å². The van der Waals surface area contributed by atoms with Gasteiger partial charge in [-0.2, -0.15) is 0 Å². The Labute approximate surface area is 244 Å². The van der Waals surface area contributed by atoms with Crippen LogP contribution in [0.4, 0.5) is 5.69 Å². The first-order valence-electron chi connectivity index (χ1n) is 14.5. The molecule has 1 unspecified atom stereocenters. The number of pyridine rings is 1. The highest BCUT2D eigenvalue weighted by Crippen LogP contribution is 2.60. The summed E-state index contributed by atoms with van der Waals surface area (Å²) in [7, 11) is 0. The number of hydrogen-bond acceptors (Lipinski definition) is 10. The van der Waals surface area contributed by atoms with Crippen molar-refractivity contribution >= 4 is 40.1 Å². The molecular weight excluding hydrogens is 552 g/mol. The van der Waals surface area contributed by atoms with Gasteiger partial charge in [-0.1, -0.05) is 25.4 Å². The molecule has 5 fully saturated rings. The lowest BCUT2D eigenvalue weighted by molar-refractivity contribution is -0.576. The second kappa shape index (κ2) is 11.3. The van der Waals surface area contributed by atoms with Crippen molar-refractivity contribution in [1.29, 1.82) is 0 Å². The zero-order valence-corrected chi connectivity index (χ0v) is 24.4. The van der Waals surface area contributed by atoms with E-state index >= 15 is 0 Å². The zero-order valence-electron chi connectivity index (χ0n) is 23.6. The molecule has 2 bridgehead atoms. The average molecular weight is 589 g/mol. The number of aromatic nitrogens is 1. The Kier molecular flexibility index (Phi) is 7.88. The summed E-state index contributed by atoms with van der Waals surface area (Å²) in [6.45, 7) is 6.68. The highest BCUT2D eigenvalue weighted by atomic mass is 35.5. The topological polar surface area (TPSA) is 114 Å². The number of esters is 2. The van der Waals surface area contributed by atoms with Gasteiger partial charge in [0.25, 0.3) is 0 Å². The summed E-state index contributed by atoms with van der Waals surface area (Å²) in [5.74, 6) is -1.29. The Balaban J connectivity index is 0.988. The Morgan fingerprint density at radius 2 is 1.93 bits per heavy atom. The monoisotopic (exact) mass is 588 g/mol. The Hall–Kier alpha value is -2.50. The van der Waals surface area contributed by atoms with E-state index in [1.165, 1.54) is 0 Å². The van der Waals surface area contributed by atoms with Crippen LogP contribution in [0.2, 0.25) is 5.02 Å². The molecule has 0 amide bonds. The molecule has 11 heteroatoms. The van der Waals surface area contributed by atoms with Crippen molar-refractivity contribution in [2.75, 3.05) is 18.5 Å². The molecule has 1 aliphatic carbocycles. The fourth-order valence-corrected chi connectivity index (χ4v) is 7.26. The average Bonchev–Trinajstić information content (AvgIpc) is 3.18. The number of nitrogens with zero attached hydrogens (tertiary/aromatic N) is 1. The molecule has 4 saturated heterocycles. The predicted octanol–water partition coefficient (Wildman–Crippen LogP) is 5.37. The van der Waals surface area contributed by atoms with E-state index in [-0.39, 0.29) is 37.2 Å². The van der Waals surface area contributed by atoms with E-state index in [4.69, 9.17) is 40.3 Å². The van der Waals surface area contributed by atoms with Crippen LogP contribution >= 0.6 is 11.6 Å². The van der Waals surface area contributed by atoms with E-state index in [2.05, 4.69) is 17.2 Å². The number of halogens is 1. The fourth-order valence-electron chi connectivity index (χ4n) is 7.10. The smallest absolute Gasteiger partial charge is 0.308 e. The summed E-state index contributed by atoms with van der Waals surface area (Å²) in [6.07, 6.45) is 3.61. The first-order chi connectivity index (χ1) is 19.7. The second-order valence-corrected chi connectivity index (χ2v) is 12.4. The highest BCUT2D eigenvalue weighted by molar-refractivity contribution is 6.31. The quantitative estimate of drug-likeness (QED) is 0.245. The number of carbonyl (C=O) groups is 2. The minimum Gasteiger partial charge on any atom is -0.464 e. The standard InChI is InChI=1S/C30H37ClN2O8/c1-17-4-7-22-18(2)27(38-28-30(22)21(17)10-12-29(3,39-28)40-41-30)37-26(35)9-8-25(34)36-15-14-33-23-11-13-32-24-16-19(31)5-6-20(23)24/h5-6,11,13,16-18,21-22,27-28H,4,7-10,12,14-15H2,1-3H3,(H,32,33)/t17-,18-,21+,22?,27-,28-,29-,30-/m1/s1. The summed E-state index contributed by atoms with van der Waals surface area (Å²) in [4.78, 5) is 41.4. The highest BCUT2D eigenvalue weighted by Gasteiger charge is 2.69. The van der Waals surface area contributed by atoms with E-state index in [9.17, 15) is 9.59 Å². The van der Waals surface area contributed by atoms with E-state index in [1.807, 2.05) is 26.0 Å². The van der Waals surface area contributed by atoms with Gasteiger partial charge in [-0.25, -0.2) is 9.78 Å². The molecule has 8 atom stereocenters. The first-order valence-corrected chi connectivity index (χ1v) is 14.9. The molecule has 1 saturated carbocycles. The van der Waals surface area contributed by atoms with Crippen molar-refractivity contribution in [3.8, 4) is 0 Å². The number of benzene rings is 1. The number of rotatable bonds is 8. The Morgan fingerprint density at radius 3 is 2.78 bits per heavy atom. The molecule has 7 rings (SSSR count). The summed E-state index contributed by atoms with van der Waals surface area (Å²) in [5.41, 5.74) is 0.921. The summed E-state index contributed by atoms with van der Waals surface area (Å²) in [5, 5.41) is 4.78. The molecular formula is C30H37ClN2O8. The minimum atomic E-state index is -0.899. The SMILES string of the molecule is C[C@@H]1CCC2[C@@H](C)[C@H](OC(=O)CCC(=O)OCCNc3ccnc4cc(Cl)ccc34)O[C@@H]3O[C@@]4(C)CC[C@@H]1[C@@]23OO4. The number of hydrogen-bond donors (Lipinski definition) is 1. The molecule has 1 N–H and O–H groups in total. The number of carbonyl (C=O) groups excluding carboxylic acids is 2. The maximum atomic E-state index is 12.8. The Bertz CT molecular complexity index is 1310. The van der Waals surface area contributed by atoms with Crippen LogP contribution in [0.15, 0.2) is 30.5 Å². The minimum absolute atomic E-state index is 0.0508. The van der Waals surface area contributed by atoms with Crippen molar-refractivity contribution < 1.29 is 38.3 Å². The molecule has 222 valence electrons. The fraction of sp³-hybridized carbons (Fsp3) is 0.633. The molecule has 1 spiro atoms. The molecule has 1 aromatic heterocycles. The van der Waals surface area contributed by atoms with E-state index in [1.54, 1.807) is 18.3 Å². The molecule has 2 aromatic rings. The molecule has 4 aliphatic heterocycles. The number of anilines is 1. The van der Waals surface area contributed by atoms with Crippen LogP contribution in [0, 0.1) is 23.7 Å². The van der Waals surface area contributed by atoms with Crippen molar-refractivity contribution in [1.82, 2.24) is 4.98 Å². The largest absolute Gasteiger partial charge is 0.464 e. The van der Waals surface area contributed by atoms with E-state index in [0.717, 1.165) is 35.9 Å².